The molecule has 1 aliphatic rings. The van der Waals surface area contributed by atoms with Crippen LogP contribution in [0.1, 0.15) is 45.1 Å². The molecule has 1 aliphatic carbocycles. The van der Waals surface area contributed by atoms with Crippen LogP contribution in [0.2, 0.25) is 0 Å². The van der Waals surface area contributed by atoms with E-state index in [1.807, 2.05) is 6.07 Å². The van der Waals surface area contributed by atoms with Crippen molar-refractivity contribution < 1.29 is 0 Å². The minimum Gasteiger partial charge on any atom is -0.397 e. The first-order chi connectivity index (χ1) is 7.96. The van der Waals surface area contributed by atoms with Gasteiger partial charge in [-0.1, -0.05) is 13.8 Å². The van der Waals surface area contributed by atoms with Crippen LogP contribution < -0.4 is 11.1 Å². The molecular formula is C14H23N3. The van der Waals surface area contributed by atoms with E-state index in [0.717, 1.165) is 17.1 Å². The van der Waals surface area contributed by atoms with Crippen LogP contribution in [-0.2, 0) is 0 Å². The van der Waals surface area contributed by atoms with E-state index in [-0.39, 0.29) is 0 Å². The Balaban J connectivity index is 1.98. The summed E-state index contributed by atoms with van der Waals surface area (Å²) in [7, 11) is 0. The second-order valence-corrected chi connectivity index (χ2v) is 6.02. The number of nitrogen functional groups attached to an aromatic ring is 1. The van der Waals surface area contributed by atoms with Crippen LogP contribution in [0.25, 0.3) is 0 Å². The first-order valence-electron chi connectivity index (χ1n) is 6.45. The summed E-state index contributed by atoms with van der Waals surface area (Å²) in [6.45, 7) is 6.77. The molecule has 1 fully saturated rings. The highest BCUT2D eigenvalue weighted by Crippen LogP contribution is 2.36. The van der Waals surface area contributed by atoms with E-state index in [1.165, 1.54) is 25.7 Å². The Labute approximate surface area is 104 Å². The maximum atomic E-state index is 5.71. The molecule has 0 atom stereocenters. The maximum Gasteiger partial charge on any atom is 0.129 e. The van der Waals surface area contributed by atoms with Gasteiger partial charge in [0.15, 0.2) is 0 Å². The highest BCUT2D eigenvalue weighted by atomic mass is 15.0. The zero-order valence-corrected chi connectivity index (χ0v) is 11.1. The molecule has 0 amide bonds. The van der Waals surface area contributed by atoms with Gasteiger partial charge in [0, 0.05) is 6.04 Å². The Morgan fingerprint density at radius 3 is 2.59 bits per heavy atom. The average molecular weight is 233 g/mol. The number of nitrogens with zero attached hydrogens (tertiary/aromatic N) is 1. The molecule has 1 aromatic heterocycles. The zero-order chi connectivity index (χ0) is 12.5. The average Bonchev–Trinajstić information content (AvgIpc) is 2.25. The fourth-order valence-corrected chi connectivity index (χ4v) is 2.48. The molecule has 17 heavy (non-hydrogen) atoms. The molecule has 1 saturated carbocycles. The van der Waals surface area contributed by atoms with Crippen LogP contribution in [0, 0.1) is 12.3 Å². The van der Waals surface area contributed by atoms with Gasteiger partial charge in [-0.2, -0.15) is 0 Å². The molecule has 0 spiro atoms. The molecule has 1 heterocycles. The molecule has 0 radical (unpaired) electrons. The number of rotatable bonds is 2. The van der Waals surface area contributed by atoms with Crippen LogP contribution in [0.4, 0.5) is 11.5 Å². The number of pyridine rings is 1. The van der Waals surface area contributed by atoms with Crippen molar-refractivity contribution in [3.05, 3.63) is 17.8 Å². The summed E-state index contributed by atoms with van der Waals surface area (Å²) in [5, 5.41) is 3.55. The fourth-order valence-electron chi connectivity index (χ4n) is 2.48. The van der Waals surface area contributed by atoms with Crippen molar-refractivity contribution in [1.82, 2.24) is 4.98 Å². The molecule has 0 aromatic carbocycles. The second-order valence-electron chi connectivity index (χ2n) is 6.02. The topological polar surface area (TPSA) is 50.9 Å². The SMILES string of the molecule is Cc1cc(N)cnc1NC1CCC(C)(C)CC1. The van der Waals surface area contributed by atoms with Gasteiger partial charge in [0.2, 0.25) is 0 Å². The quantitative estimate of drug-likeness (QED) is 0.823. The number of nitrogens with two attached hydrogens (primary N) is 1. The summed E-state index contributed by atoms with van der Waals surface area (Å²) in [5.74, 6) is 0.990. The lowest BCUT2D eigenvalue weighted by Crippen LogP contribution is -2.30. The van der Waals surface area contributed by atoms with Crippen LogP contribution in [-0.4, -0.2) is 11.0 Å². The summed E-state index contributed by atoms with van der Waals surface area (Å²) >= 11 is 0. The monoisotopic (exact) mass is 233 g/mol. The molecule has 0 unspecified atom stereocenters. The highest BCUT2D eigenvalue weighted by Gasteiger charge is 2.26. The Morgan fingerprint density at radius 2 is 2.00 bits per heavy atom. The van der Waals surface area contributed by atoms with E-state index < -0.39 is 0 Å². The number of nitrogens with one attached hydrogen (secondary N) is 1. The summed E-state index contributed by atoms with van der Waals surface area (Å²) < 4.78 is 0. The fraction of sp³-hybridized carbons (Fsp3) is 0.643. The number of anilines is 2. The van der Waals surface area contributed by atoms with Crippen LogP contribution in [0.3, 0.4) is 0 Å². The largest absolute Gasteiger partial charge is 0.397 e. The Morgan fingerprint density at radius 1 is 1.35 bits per heavy atom. The first kappa shape index (κ1) is 12.2. The normalized spacial score (nSPS) is 20.2. The van der Waals surface area contributed by atoms with Gasteiger partial charge in [-0.25, -0.2) is 4.98 Å². The van der Waals surface area contributed by atoms with E-state index in [9.17, 15) is 0 Å². The lowest BCUT2D eigenvalue weighted by molar-refractivity contribution is 0.232. The summed E-state index contributed by atoms with van der Waals surface area (Å²) in [5.41, 5.74) is 8.09. The molecule has 3 heteroatoms. The first-order valence-corrected chi connectivity index (χ1v) is 6.45. The molecule has 0 bridgehead atoms. The summed E-state index contributed by atoms with van der Waals surface area (Å²) in [6.07, 6.45) is 6.77. The smallest absolute Gasteiger partial charge is 0.129 e. The van der Waals surface area contributed by atoms with E-state index in [0.29, 0.717) is 11.5 Å². The Hall–Kier alpha value is -1.25. The Kier molecular flexibility index (Phi) is 3.27. The van der Waals surface area contributed by atoms with Crippen LogP contribution in [0.15, 0.2) is 12.3 Å². The van der Waals surface area contributed by atoms with Crippen molar-refractivity contribution in [2.24, 2.45) is 5.41 Å². The minimum absolute atomic E-state index is 0.516. The van der Waals surface area contributed by atoms with Crippen LogP contribution >= 0.6 is 0 Å². The van der Waals surface area contributed by atoms with Gasteiger partial charge in [-0.15, -0.1) is 0 Å². The van der Waals surface area contributed by atoms with Crippen molar-refractivity contribution in [3.63, 3.8) is 0 Å². The van der Waals surface area contributed by atoms with Gasteiger partial charge in [0.1, 0.15) is 5.82 Å². The van der Waals surface area contributed by atoms with E-state index in [2.05, 4.69) is 31.1 Å². The molecule has 0 aliphatic heterocycles. The van der Waals surface area contributed by atoms with Crippen molar-refractivity contribution in [1.29, 1.82) is 0 Å². The second kappa shape index (κ2) is 4.55. The van der Waals surface area contributed by atoms with E-state index in [4.69, 9.17) is 5.73 Å². The minimum atomic E-state index is 0.516. The molecular weight excluding hydrogens is 210 g/mol. The van der Waals surface area contributed by atoms with Crippen molar-refractivity contribution in [2.45, 2.75) is 52.5 Å². The third-order valence-electron chi connectivity index (χ3n) is 3.78. The summed E-state index contributed by atoms with van der Waals surface area (Å²) in [6, 6.07) is 2.54. The third kappa shape index (κ3) is 3.11. The van der Waals surface area contributed by atoms with Gasteiger partial charge in [0.05, 0.1) is 11.9 Å². The predicted octanol–water partition coefficient (Wildman–Crippen LogP) is 3.35. The predicted molar refractivity (Wildman–Crippen MR) is 73.0 cm³/mol. The number of aryl methyl sites for hydroxylation is 1. The van der Waals surface area contributed by atoms with Crippen molar-refractivity contribution >= 4 is 11.5 Å². The van der Waals surface area contributed by atoms with Gasteiger partial charge in [-0.05, 0) is 49.7 Å². The molecule has 2 rings (SSSR count). The lowest BCUT2D eigenvalue weighted by atomic mass is 9.75. The summed E-state index contributed by atoms with van der Waals surface area (Å²) in [4.78, 5) is 4.37. The van der Waals surface area contributed by atoms with Crippen LogP contribution in [0.5, 0.6) is 0 Å². The number of aromatic nitrogens is 1. The maximum absolute atomic E-state index is 5.71. The van der Waals surface area contributed by atoms with Gasteiger partial charge in [-0.3, -0.25) is 0 Å². The standard InChI is InChI=1S/C14H23N3/c1-10-8-11(15)9-16-13(10)17-12-4-6-14(2,3)7-5-12/h8-9,12H,4-7,15H2,1-3H3,(H,16,17). The van der Waals surface area contributed by atoms with Gasteiger partial charge >= 0.3 is 0 Å². The zero-order valence-electron chi connectivity index (χ0n) is 11.1. The lowest BCUT2D eigenvalue weighted by Gasteiger charge is -2.35. The molecule has 0 saturated heterocycles. The van der Waals surface area contributed by atoms with Crippen molar-refractivity contribution in [3.8, 4) is 0 Å². The molecule has 94 valence electrons. The number of hydrogen-bond donors (Lipinski definition) is 2. The molecule has 1 aromatic rings. The van der Waals surface area contributed by atoms with E-state index in [1.54, 1.807) is 6.20 Å². The highest BCUT2D eigenvalue weighted by molar-refractivity contribution is 5.51. The van der Waals surface area contributed by atoms with E-state index >= 15 is 0 Å². The third-order valence-corrected chi connectivity index (χ3v) is 3.78. The Bertz CT molecular complexity index is 388. The molecule has 3 nitrogen and oxygen atoms in total. The molecule has 3 N–H and O–H groups in total. The van der Waals surface area contributed by atoms with Crippen molar-refractivity contribution in [2.75, 3.05) is 11.1 Å². The number of hydrogen-bond acceptors (Lipinski definition) is 3. The van der Waals surface area contributed by atoms with Gasteiger partial charge < -0.3 is 11.1 Å². The van der Waals surface area contributed by atoms with Gasteiger partial charge in [0.25, 0.3) is 0 Å².